The Labute approximate surface area is 359 Å². The van der Waals surface area contributed by atoms with Crippen LogP contribution in [0, 0.1) is 0 Å². The lowest BCUT2D eigenvalue weighted by molar-refractivity contribution is -0.154. The molecule has 0 heterocycles. The Balaban J connectivity index is 3.93. The molecule has 58 heavy (non-hydrogen) atoms. The van der Waals surface area contributed by atoms with Crippen LogP contribution in [0.4, 0.5) is 0 Å². The molecule has 0 saturated carbocycles. The van der Waals surface area contributed by atoms with Gasteiger partial charge in [0.15, 0.2) is 0 Å². The number of ether oxygens (including phenoxy) is 2. The van der Waals surface area contributed by atoms with Crippen molar-refractivity contribution in [1.82, 2.24) is 0 Å². The lowest BCUT2D eigenvalue weighted by Gasteiger charge is -2.20. The minimum atomic E-state index is -4.28. The van der Waals surface area contributed by atoms with Gasteiger partial charge >= 0.3 is 13.8 Å². The summed E-state index contributed by atoms with van der Waals surface area (Å²) < 4.78 is 33.6. The second kappa shape index (κ2) is 47.0. The molecule has 0 radical (unpaired) electrons. The molecule has 9 heteroatoms. The summed E-state index contributed by atoms with van der Waals surface area (Å²) in [7, 11) is -4.28. The van der Waals surface area contributed by atoms with E-state index in [0.29, 0.717) is 13.0 Å². The van der Waals surface area contributed by atoms with Crippen LogP contribution in [-0.4, -0.2) is 49.9 Å². The van der Waals surface area contributed by atoms with Gasteiger partial charge in [-0.2, -0.15) is 0 Å². The van der Waals surface area contributed by atoms with Crippen molar-refractivity contribution in [2.24, 2.45) is 5.73 Å². The zero-order chi connectivity index (χ0) is 42.3. The number of nitrogens with two attached hydrogens (primary N) is 1. The molecule has 0 amide bonds. The fourth-order valence-electron chi connectivity index (χ4n) is 7.21. The molecule has 0 aliphatic heterocycles. The van der Waals surface area contributed by atoms with Crippen molar-refractivity contribution in [3.8, 4) is 0 Å². The highest BCUT2D eigenvalue weighted by molar-refractivity contribution is 7.47. The van der Waals surface area contributed by atoms with Gasteiger partial charge in [-0.1, -0.05) is 218 Å². The third kappa shape index (κ3) is 46.1. The molecular weight excluding hydrogens is 746 g/mol. The Morgan fingerprint density at radius 2 is 0.914 bits per heavy atom. The van der Waals surface area contributed by atoms with Gasteiger partial charge in [-0.3, -0.25) is 13.8 Å². The van der Waals surface area contributed by atoms with Gasteiger partial charge in [-0.15, -0.1) is 0 Å². The maximum atomic E-state index is 12.6. The van der Waals surface area contributed by atoms with Gasteiger partial charge in [0.25, 0.3) is 0 Å². The van der Waals surface area contributed by atoms with Crippen molar-refractivity contribution < 1.29 is 32.8 Å². The van der Waals surface area contributed by atoms with E-state index in [0.717, 1.165) is 38.5 Å². The standard InChI is InChI=1S/C49H96NO7P/c1-3-5-7-9-11-13-15-17-19-21-23-25-27-29-31-33-35-37-39-41-44-54-46-48(47-56-58(52,53)55-45-43-50)57-49(51)42-40-38-36-34-32-30-28-26-24-22-20-18-16-14-12-10-8-6-4-2/h12,14,18,20,48H,3-11,13,15-17,19,21-47,50H2,1-2H3,(H,52,53)/b14-12-,20-18-. The first-order valence-electron chi connectivity index (χ1n) is 24.8. The van der Waals surface area contributed by atoms with Gasteiger partial charge < -0.3 is 20.1 Å². The minimum Gasteiger partial charge on any atom is -0.457 e. The summed E-state index contributed by atoms with van der Waals surface area (Å²) in [5, 5.41) is 0. The van der Waals surface area contributed by atoms with Crippen LogP contribution < -0.4 is 5.73 Å². The van der Waals surface area contributed by atoms with Crippen molar-refractivity contribution in [3.05, 3.63) is 24.3 Å². The van der Waals surface area contributed by atoms with Crippen LogP contribution in [0.25, 0.3) is 0 Å². The van der Waals surface area contributed by atoms with Gasteiger partial charge in [0.2, 0.25) is 0 Å². The van der Waals surface area contributed by atoms with Crippen molar-refractivity contribution in [3.63, 3.8) is 0 Å². The summed E-state index contributed by atoms with van der Waals surface area (Å²) in [5.74, 6) is -0.330. The summed E-state index contributed by atoms with van der Waals surface area (Å²) in [4.78, 5) is 22.6. The average molecular weight is 842 g/mol. The van der Waals surface area contributed by atoms with Crippen LogP contribution in [0.2, 0.25) is 0 Å². The molecular formula is C49H96NO7P. The second-order valence-electron chi connectivity index (χ2n) is 16.7. The molecule has 2 unspecified atom stereocenters. The van der Waals surface area contributed by atoms with E-state index in [2.05, 4.69) is 38.2 Å². The fraction of sp³-hybridized carbons (Fsp3) is 0.898. The Morgan fingerprint density at radius 3 is 1.38 bits per heavy atom. The van der Waals surface area contributed by atoms with E-state index in [1.54, 1.807) is 0 Å². The SMILES string of the molecule is CCCCC/C=C\C/C=C\CCCCCCCCCCCC(=O)OC(COCCCCCCCCCCCCCCCCCCCCCC)COP(=O)(O)OCCN. The average Bonchev–Trinajstić information content (AvgIpc) is 3.21. The smallest absolute Gasteiger partial charge is 0.457 e. The molecule has 0 bridgehead atoms. The number of esters is 1. The largest absolute Gasteiger partial charge is 0.472 e. The molecule has 0 fully saturated rings. The maximum Gasteiger partial charge on any atom is 0.472 e. The molecule has 0 aromatic heterocycles. The lowest BCUT2D eigenvalue weighted by atomic mass is 10.0. The van der Waals surface area contributed by atoms with Crippen molar-refractivity contribution >= 4 is 13.8 Å². The van der Waals surface area contributed by atoms with Gasteiger partial charge in [0, 0.05) is 19.6 Å². The number of carbonyl (C=O) groups is 1. The Bertz CT molecular complexity index is 946. The minimum absolute atomic E-state index is 0.0939. The van der Waals surface area contributed by atoms with Gasteiger partial charge in [0.05, 0.1) is 19.8 Å². The Kier molecular flexibility index (Phi) is 46.2. The van der Waals surface area contributed by atoms with Gasteiger partial charge in [-0.25, -0.2) is 4.57 Å². The molecule has 344 valence electrons. The molecule has 0 rings (SSSR count). The number of carbonyl (C=O) groups excluding carboxylic acids is 1. The Hall–Kier alpha value is -1.02. The van der Waals surface area contributed by atoms with E-state index in [-0.39, 0.29) is 32.3 Å². The van der Waals surface area contributed by atoms with E-state index >= 15 is 0 Å². The number of hydrogen-bond donors (Lipinski definition) is 2. The molecule has 0 aliphatic rings. The molecule has 3 N–H and O–H groups in total. The summed E-state index contributed by atoms with van der Waals surface area (Å²) in [5.41, 5.74) is 5.39. The molecule has 0 aromatic rings. The molecule has 0 saturated heterocycles. The monoisotopic (exact) mass is 842 g/mol. The zero-order valence-corrected chi connectivity index (χ0v) is 39.2. The van der Waals surface area contributed by atoms with Crippen molar-refractivity contribution in [2.75, 3.05) is 33.0 Å². The van der Waals surface area contributed by atoms with E-state index in [1.165, 1.54) is 186 Å². The van der Waals surface area contributed by atoms with Crippen LogP contribution in [0.3, 0.4) is 0 Å². The normalized spacial score (nSPS) is 13.5. The van der Waals surface area contributed by atoms with E-state index in [4.69, 9.17) is 24.3 Å². The summed E-state index contributed by atoms with van der Waals surface area (Å²) in [6.07, 6.45) is 53.5. The highest BCUT2D eigenvalue weighted by Gasteiger charge is 2.25. The second-order valence-corrected chi connectivity index (χ2v) is 18.1. The van der Waals surface area contributed by atoms with Crippen LogP contribution in [-0.2, 0) is 27.9 Å². The van der Waals surface area contributed by atoms with Crippen LogP contribution in [0.15, 0.2) is 24.3 Å². The number of phosphoric acid groups is 1. The third-order valence-electron chi connectivity index (χ3n) is 10.9. The number of phosphoric ester groups is 1. The van der Waals surface area contributed by atoms with Crippen LogP contribution in [0.5, 0.6) is 0 Å². The highest BCUT2D eigenvalue weighted by Crippen LogP contribution is 2.43. The number of rotatable bonds is 48. The quantitative estimate of drug-likeness (QED) is 0.0269. The number of allylic oxidation sites excluding steroid dienone is 4. The Morgan fingerprint density at radius 1 is 0.517 bits per heavy atom. The lowest BCUT2D eigenvalue weighted by Crippen LogP contribution is -2.28. The third-order valence-corrected chi connectivity index (χ3v) is 11.9. The van der Waals surface area contributed by atoms with Crippen molar-refractivity contribution in [2.45, 2.75) is 251 Å². The van der Waals surface area contributed by atoms with Crippen LogP contribution >= 0.6 is 7.82 Å². The zero-order valence-electron chi connectivity index (χ0n) is 38.3. The summed E-state index contributed by atoms with van der Waals surface area (Å²) in [6, 6.07) is 0. The summed E-state index contributed by atoms with van der Waals surface area (Å²) >= 11 is 0. The highest BCUT2D eigenvalue weighted by atomic mass is 31.2. The summed E-state index contributed by atoms with van der Waals surface area (Å²) in [6.45, 7) is 4.95. The molecule has 0 aromatic carbocycles. The first-order chi connectivity index (χ1) is 28.4. The van der Waals surface area contributed by atoms with E-state index in [1.807, 2.05) is 0 Å². The number of hydrogen-bond acceptors (Lipinski definition) is 7. The van der Waals surface area contributed by atoms with E-state index in [9.17, 15) is 14.3 Å². The maximum absolute atomic E-state index is 12.6. The predicted octanol–water partition coefficient (Wildman–Crippen LogP) is 15.2. The molecule has 8 nitrogen and oxygen atoms in total. The molecule has 0 aliphatic carbocycles. The first-order valence-corrected chi connectivity index (χ1v) is 26.3. The van der Waals surface area contributed by atoms with Gasteiger partial charge in [-0.05, 0) is 44.9 Å². The molecule has 2 atom stereocenters. The predicted molar refractivity (Wildman–Crippen MR) is 247 cm³/mol. The van der Waals surface area contributed by atoms with Gasteiger partial charge in [0.1, 0.15) is 6.10 Å². The van der Waals surface area contributed by atoms with Crippen LogP contribution in [0.1, 0.15) is 245 Å². The molecule has 0 spiro atoms. The fourth-order valence-corrected chi connectivity index (χ4v) is 7.97. The van der Waals surface area contributed by atoms with Crippen molar-refractivity contribution in [1.29, 1.82) is 0 Å². The number of unbranched alkanes of at least 4 members (excludes halogenated alkanes) is 31. The first kappa shape index (κ1) is 57.0. The van der Waals surface area contributed by atoms with E-state index < -0.39 is 13.9 Å². The topological polar surface area (TPSA) is 117 Å².